The Morgan fingerprint density at radius 3 is 2.40 bits per heavy atom. The normalized spacial score (nSPS) is 10.8. The molecule has 0 aliphatic heterocycles. The van der Waals surface area contributed by atoms with Crippen molar-refractivity contribution in [2.24, 2.45) is 5.73 Å². The Bertz CT molecular complexity index is 68.8. The molecule has 0 heterocycles. The standard InChI is InChI=1S/C6H15NO2Si/c1-8-6(9-2)5-10-4-3-7/h6H,3-5,7H2,1-2H3. The molecule has 4 heteroatoms. The zero-order chi connectivity index (χ0) is 7.82. The van der Waals surface area contributed by atoms with Gasteiger partial charge >= 0.3 is 0 Å². The summed E-state index contributed by atoms with van der Waals surface area (Å²) in [5.41, 5.74) is 5.32. The Hall–Kier alpha value is 0.0969. The molecule has 10 heavy (non-hydrogen) atoms. The van der Waals surface area contributed by atoms with E-state index in [1.54, 1.807) is 14.2 Å². The summed E-state index contributed by atoms with van der Waals surface area (Å²) in [6.07, 6.45) is -0.0371. The van der Waals surface area contributed by atoms with Gasteiger partial charge in [0.2, 0.25) is 0 Å². The molecule has 0 fully saturated rings. The van der Waals surface area contributed by atoms with Crippen molar-refractivity contribution < 1.29 is 9.47 Å². The van der Waals surface area contributed by atoms with Gasteiger partial charge in [-0.1, -0.05) is 0 Å². The summed E-state index contributed by atoms with van der Waals surface area (Å²) >= 11 is 0. The minimum atomic E-state index is -0.0371. The fourth-order valence-corrected chi connectivity index (χ4v) is 1.56. The lowest BCUT2D eigenvalue weighted by Gasteiger charge is -2.11. The lowest BCUT2D eigenvalue weighted by atomic mass is 10.7. The summed E-state index contributed by atoms with van der Waals surface area (Å²) in [5, 5.41) is 0. The molecule has 0 amide bonds. The van der Waals surface area contributed by atoms with Crippen LogP contribution in [0.2, 0.25) is 12.1 Å². The molecule has 0 rings (SSSR count). The summed E-state index contributed by atoms with van der Waals surface area (Å²) in [4.78, 5) is 0. The summed E-state index contributed by atoms with van der Waals surface area (Å²) < 4.78 is 9.98. The van der Waals surface area contributed by atoms with Crippen molar-refractivity contribution in [1.29, 1.82) is 0 Å². The molecule has 2 radical (unpaired) electrons. The van der Waals surface area contributed by atoms with Crippen LogP contribution in [-0.4, -0.2) is 36.6 Å². The van der Waals surface area contributed by atoms with Crippen LogP contribution in [0.1, 0.15) is 0 Å². The summed E-state index contributed by atoms with van der Waals surface area (Å²) in [6, 6.07) is 2.04. The molecule has 0 saturated carbocycles. The van der Waals surface area contributed by atoms with Gasteiger partial charge < -0.3 is 15.2 Å². The predicted molar refractivity (Wildman–Crippen MR) is 42.2 cm³/mol. The highest BCUT2D eigenvalue weighted by Crippen LogP contribution is 1.98. The van der Waals surface area contributed by atoms with Gasteiger partial charge in [-0.2, -0.15) is 0 Å². The lowest BCUT2D eigenvalue weighted by molar-refractivity contribution is -0.0876. The molecule has 0 bridgehead atoms. The molecule has 2 N–H and O–H groups in total. The van der Waals surface area contributed by atoms with E-state index in [2.05, 4.69) is 0 Å². The first-order valence-corrected chi connectivity index (χ1v) is 4.73. The summed E-state index contributed by atoms with van der Waals surface area (Å²) in [5.74, 6) is 0. The Balaban J connectivity index is 3.09. The zero-order valence-electron chi connectivity index (χ0n) is 6.59. The minimum absolute atomic E-state index is 0.0371. The second-order valence-corrected chi connectivity index (χ2v) is 3.30. The lowest BCUT2D eigenvalue weighted by Crippen LogP contribution is -2.16. The molecule has 0 spiro atoms. The number of nitrogens with two attached hydrogens (primary N) is 1. The van der Waals surface area contributed by atoms with Gasteiger partial charge in [0.1, 0.15) is 0 Å². The fourth-order valence-electron chi connectivity index (χ4n) is 0.585. The van der Waals surface area contributed by atoms with Crippen molar-refractivity contribution in [1.82, 2.24) is 0 Å². The number of methoxy groups -OCH3 is 2. The maximum atomic E-state index is 5.32. The van der Waals surface area contributed by atoms with Crippen LogP contribution in [-0.2, 0) is 9.47 Å². The Labute approximate surface area is 64.7 Å². The van der Waals surface area contributed by atoms with Crippen molar-refractivity contribution in [3.63, 3.8) is 0 Å². The van der Waals surface area contributed by atoms with E-state index in [1.165, 1.54) is 0 Å². The van der Waals surface area contributed by atoms with Crippen LogP contribution in [0.25, 0.3) is 0 Å². The Morgan fingerprint density at radius 2 is 2.00 bits per heavy atom. The molecule has 0 unspecified atom stereocenters. The van der Waals surface area contributed by atoms with Crippen LogP contribution in [0.15, 0.2) is 0 Å². The number of hydrogen-bond acceptors (Lipinski definition) is 3. The van der Waals surface area contributed by atoms with Gasteiger partial charge in [0.15, 0.2) is 6.29 Å². The van der Waals surface area contributed by atoms with Gasteiger partial charge in [-0.3, -0.25) is 0 Å². The van der Waals surface area contributed by atoms with E-state index in [4.69, 9.17) is 15.2 Å². The molecule has 0 aromatic heterocycles. The van der Waals surface area contributed by atoms with E-state index >= 15 is 0 Å². The number of rotatable bonds is 6. The second-order valence-electron chi connectivity index (χ2n) is 1.89. The van der Waals surface area contributed by atoms with E-state index in [1.807, 2.05) is 0 Å². The second kappa shape index (κ2) is 7.21. The first-order chi connectivity index (χ1) is 4.85. The Morgan fingerprint density at radius 1 is 1.40 bits per heavy atom. The van der Waals surface area contributed by atoms with Crippen LogP contribution in [0.5, 0.6) is 0 Å². The molecule has 3 nitrogen and oxygen atoms in total. The topological polar surface area (TPSA) is 44.5 Å². The molecule has 0 aromatic carbocycles. The third-order valence-electron chi connectivity index (χ3n) is 1.16. The third-order valence-corrected chi connectivity index (χ3v) is 2.42. The van der Waals surface area contributed by atoms with Crippen LogP contribution in [0.4, 0.5) is 0 Å². The first kappa shape index (κ1) is 10.1. The molecule has 0 aliphatic rings. The summed E-state index contributed by atoms with van der Waals surface area (Å²) in [6.45, 7) is 0.762. The van der Waals surface area contributed by atoms with E-state index in [-0.39, 0.29) is 6.29 Å². The average Bonchev–Trinajstić information content (AvgIpc) is 1.99. The molecule has 0 atom stereocenters. The zero-order valence-corrected chi connectivity index (χ0v) is 7.59. The van der Waals surface area contributed by atoms with Gasteiger partial charge in [0.05, 0.1) is 0 Å². The highest BCUT2D eigenvalue weighted by Gasteiger charge is 2.03. The molecule has 0 aliphatic carbocycles. The first-order valence-electron chi connectivity index (χ1n) is 3.31. The predicted octanol–water partition coefficient (Wildman–Crippen LogP) is 0.105. The maximum Gasteiger partial charge on any atom is 0.154 e. The van der Waals surface area contributed by atoms with Crippen molar-refractivity contribution >= 4 is 9.52 Å². The molecule has 60 valence electrons. The quantitative estimate of drug-likeness (QED) is 0.341. The van der Waals surface area contributed by atoms with Crippen molar-refractivity contribution in [3.8, 4) is 0 Å². The summed E-state index contributed by atoms with van der Waals surface area (Å²) in [7, 11) is 4.16. The van der Waals surface area contributed by atoms with Gasteiger partial charge in [-0.05, 0) is 18.6 Å². The Kier molecular flexibility index (Phi) is 7.28. The van der Waals surface area contributed by atoms with Gasteiger partial charge in [0, 0.05) is 23.7 Å². The third kappa shape index (κ3) is 4.93. The molecular formula is C6H15NO2Si. The minimum Gasteiger partial charge on any atom is -0.356 e. The largest absolute Gasteiger partial charge is 0.356 e. The van der Waals surface area contributed by atoms with E-state index in [0.29, 0.717) is 0 Å². The maximum absolute atomic E-state index is 5.32. The van der Waals surface area contributed by atoms with Crippen LogP contribution in [0, 0.1) is 0 Å². The highest BCUT2D eigenvalue weighted by atomic mass is 28.2. The van der Waals surface area contributed by atoms with Crippen molar-refractivity contribution in [3.05, 3.63) is 0 Å². The molecule has 0 aromatic rings. The smallest absolute Gasteiger partial charge is 0.154 e. The van der Waals surface area contributed by atoms with Crippen molar-refractivity contribution in [2.45, 2.75) is 18.4 Å². The average molecular weight is 161 g/mol. The van der Waals surface area contributed by atoms with Crippen molar-refractivity contribution in [2.75, 3.05) is 20.8 Å². The highest BCUT2D eigenvalue weighted by molar-refractivity contribution is 6.35. The fraction of sp³-hybridized carbons (Fsp3) is 1.00. The van der Waals surface area contributed by atoms with E-state index in [9.17, 15) is 0 Å². The monoisotopic (exact) mass is 161 g/mol. The van der Waals surface area contributed by atoms with Crippen LogP contribution < -0.4 is 5.73 Å². The molecule has 0 saturated heterocycles. The number of ether oxygens (including phenoxy) is 2. The van der Waals surface area contributed by atoms with Gasteiger partial charge in [0.25, 0.3) is 0 Å². The van der Waals surface area contributed by atoms with E-state index in [0.717, 1.165) is 28.2 Å². The van der Waals surface area contributed by atoms with Crippen LogP contribution >= 0.6 is 0 Å². The number of hydrogen-bond donors (Lipinski definition) is 1. The van der Waals surface area contributed by atoms with Crippen LogP contribution in [0.3, 0.4) is 0 Å². The van der Waals surface area contributed by atoms with Gasteiger partial charge in [-0.15, -0.1) is 0 Å². The van der Waals surface area contributed by atoms with Gasteiger partial charge in [-0.25, -0.2) is 0 Å². The SMILES string of the molecule is COC(C[Si]CCN)OC. The molecular weight excluding hydrogens is 146 g/mol. The van der Waals surface area contributed by atoms with E-state index < -0.39 is 0 Å².